The van der Waals surface area contributed by atoms with Gasteiger partial charge in [0, 0.05) is 11.8 Å². The Hall–Kier alpha value is -1.34. The van der Waals surface area contributed by atoms with Gasteiger partial charge >= 0.3 is 0 Å². The summed E-state index contributed by atoms with van der Waals surface area (Å²) in [5, 5.41) is 0.577. The van der Waals surface area contributed by atoms with E-state index >= 15 is 0 Å². The highest BCUT2D eigenvalue weighted by Gasteiger charge is 2.04. The highest BCUT2D eigenvalue weighted by Crippen LogP contribution is 2.26. The summed E-state index contributed by atoms with van der Waals surface area (Å²) in [6.07, 6.45) is 1.83. The van der Waals surface area contributed by atoms with Crippen LogP contribution in [0.1, 0.15) is 16.7 Å². The third-order valence-electron chi connectivity index (χ3n) is 2.71. The molecule has 16 heavy (non-hydrogen) atoms. The van der Waals surface area contributed by atoms with Gasteiger partial charge in [0.1, 0.15) is 5.15 Å². The molecule has 82 valence electrons. The number of aromatic nitrogens is 1. The van der Waals surface area contributed by atoms with E-state index in [4.69, 9.17) is 11.6 Å². The van der Waals surface area contributed by atoms with Crippen molar-refractivity contribution >= 4 is 11.6 Å². The van der Waals surface area contributed by atoms with Gasteiger partial charge in [-0.1, -0.05) is 35.4 Å². The molecule has 1 aromatic carbocycles. The quantitative estimate of drug-likeness (QED) is 0.666. The van der Waals surface area contributed by atoms with Gasteiger partial charge < -0.3 is 0 Å². The van der Waals surface area contributed by atoms with Crippen LogP contribution in [0.25, 0.3) is 11.1 Å². The van der Waals surface area contributed by atoms with E-state index in [-0.39, 0.29) is 0 Å². The maximum absolute atomic E-state index is 5.92. The molecule has 0 aliphatic carbocycles. The summed E-state index contributed by atoms with van der Waals surface area (Å²) < 4.78 is 0. The van der Waals surface area contributed by atoms with Crippen molar-refractivity contribution in [2.45, 2.75) is 20.8 Å². The van der Waals surface area contributed by atoms with Crippen LogP contribution in [0, 0.1) is 20.8 Å². The molecule has 0 amide bonds. The molecule has 1 nitrogen and oxygen atoms in total. The summed E-state index contributed by atoms with van der Waals surface area (Å²) in [7, 11) is 0. The van der Waals surface area contributed by atoms with Gasteiger partial charge in [-0.3, -0.25) is 0 Å². The first-order chi connectivity index (χ1) is 7.58. The van der Waals surface area contributed by atoms with Crippen LogP contribution < -0.4 is 0 Å². The monoisotopic (exact) mass is 231 g/mol. The molecule has 2 heteroatoms. The summed E-state index contributed by atoms with van der Waals surface area (Å²) in [4.78, 5) is 4.18. The Bertz CT molecular complexity index is 532. The van der Waals surface area contributed by atoms with Crippen molar-refractivity contribution in [1.82, 2.24) is 4.98 Å². The second-order valence-electron chi connectivity index (χ2n) is 4.15. The maximum atomic E-state index is 5.92. The van der Waals surface area contributed by atoms with Gasteiger partial charge in [0.05, 0.1) is 0 Å². The van der Waals surface area contributed by atoms with Crippen molar-refractivity contribution in [3.63, 3.8) is 0 Å². The van der Waals surface area contributed by atoms with Crippen LogP contribution in [0.15, 0.2) is 30.5 Å². The lowest BCUT2D eigenvalue weighted by molar-refractivity contribution is 1.26. The van der Waals surface area contributed by atoms with Gasteiger partial charge in [-0.25, -0.2) is 4.98 Å². The smallest absolute Gasteiger partial charge is 0.131 e. The predicted molar refractivity (Wildman–Crippen MR) is 68.9 cm³/mol. The van der Waals surface area contributed by atoms with Gasteiger partial charge in [-0.05, 0) is 43.5 Å². The Balaban J connectivity index is 2.54. The molecular formula is C14H14ClN. The highest BCUT2D eigenvalue weighted by atomic mass is 35.5. The molecule has 1 heterocycles. The summed E-state index contributed by atoms with van der Waals surface area (Å²) in [5.74, 6) is 0. The molecule has 0 spiro atoms. The van der Waals surface area contributed by atoms with Gasteiger partial charge in [0.15, 0.2) is 0 Å². The Morgan fingerprint density at radius 3 is 2.38 bits per heavy atom. The number of nitrogens with zero attached hydrogens (tertiary/aromatic N) is 1. The minimum absolute atomic E-state index is 0.577. The van der Waals surface area contributed by atoms with Crippen molar-refractivity contribution in [2.75, 3.05) is 0 Å². The van der Waals surface area contributed by atoms with Crippen molar-refractivity contribution in [3.05, 3.63) is 52.3 Å². The first-order valence-electron chi connectivity index (χ1n) is 5.27. The van der Waals surface area contributed by atoms with Crippen LogP contribution in [0.5, 0.6) is 0 Å². The third kappa shape index (κ3) is 2.10. The molecule has 0 unspecified atom stereocenters. The zero-order chi connectivity index (χ0) is 11.7. The number of rotatable bonds is 1. The van der Waals surface area contributed by atoms with E-state index in [1.807, 2.05) is 13.1 Å². The van der Waals surface area contributed by atoms with Crippen LogP contribution in [-0.2, 0) is 0 Å². The lowest BCUT2D eigenvalue weighted by Crippen LogP contribution is -1.88. The first kappa shape index (κ1) is 11.2. The molecule has 1 aromatic heterocycles. The SMILES string of the molecule is Cc1ccc(-c2cnc(Cl)c(C)c2)c(C)c1. The fourth-order valence-electron chi connectivity index (χ4n) is 1.84. The molecule has 0 N–H and O–H groups in total. The summed E-state index contributed by atoms with van der Waals surface area (Å²) in [6, 6.07) is 8.51. The van der Waals surface area contributed by atoms with E-state index in [2.05, 4.69) is 43.1 Å². The number of halogens is 1. The average molecular weight is 232 g/mol. The second kappa shape index (κ2) is 4.26. The molecule has 0 saturated carbocycles. The van der Waals surface area contributed by atoms with Crippen LogP contribution in [-0.4, -0.2) is 4.98 Å². The maximum Gasteiger partial charge on any atom is 0.131 e. The Morgan fingerprint density at radius 1 is 1.00 bits per heavy atom. The second-order valence-corrected chi connectivity index (χ2v) is 4.51. The molecule has 0 saturated heterocycles. The van der Waals surface area contributed by atoms with E-state index in [1.54, 1.807) is 0 Å². The van der Waals surface area contributed by atoms with Gasteiger partial charge in [-0.15, -0.1) is 0 Å². The van der Waals surface area contributed by atoms with Crippen LogP contribution in [0.4, 0.5) is 0 Å². The van der Waals surface area contributed by atoms with Gasteiger partial charge in [0.25, 0.3) is 0 Å². The van der Waals surface area contributed by atoms with Gasteiger partial charge in [0.2, 0.25) is 0 Å². The van der Waals surface area contributed by atoms with Crippen LogP contribution >= 0.6 is 11.6 Å². The fourth-order valence-corrected chi connectivity index (χ4v) is 1.95. The molecule has 2 aromatic rings. The molecule has 0 aliphatic rings. The topological polar surface area (TPSA) is 12.9 Å². The van der Waals surface area contributed by atoms with Crippen molar-refractivity contribution in [1.29, 1.82) is 0 Å². The molecule has 0 atom stereocenters. The Morgan fingerprint density at radius 2 is 1.75 bits per heavy atom. The lowest BCUT2D eigenvalue weighted by Gasteiger charge is -2.08. The van der Waals surface area contributed by atoms with E-state index < -0.39 is 0 Å². The largest absolute Gasteiger partial charge is 0.244 e. The van der Waals surface area contributed by atoms with Crippen molar-refractivity contribution in [2.24, 2.45) is 0 Å². The molecule has 2 rings (SSSR count). The zero-order valence-corrected chi connectivity index (χ0v) is 10.5. The minimum atomic E-state index is 0.577. The zero-order valence-electron chi connectivity index (χ0n) is 9.71. The van der Waals surface area contributed by atoms with E-state index in [9.17, 15) is 0 Å². The van der Waals surface area contributed by atoms with E-state index in [0.717, 1.165) is 11.1 Å². The minimum Gasteiger partial charge on any atom is -0.244 e. The number of hydrogen-bond acceptors (Lipinski definition) is 1. The highest BCUT2D eigenvalue weighted by molar-refractivity contribution is 6.30. The molecule has 0 fully saturated rings. The normalized spacial score (nSPS) is 10.5. The van der Waals surface area contributed by atoms with Crippen LogP contribution in [0.2, 0.25) is 5.15 Å². The standard InChI is InChI=1S/C14H14ClN/c1-9-4-5-13(10(2)6-9)12-7-11(3)14(15)16-8-12/h4-8H,1-3H3. The van der Waals surface area contributed by atoms with Gasteiger partial charge in [-0.2, -0.15) is 0 Å². The number of pyridine rings is 1. The van der Waals surface area contributed by atoms with E-state index in [0.29, 0.717) is 5.15 Å². The predicted octanol–water partition coefficient (Wildman–Crippen LogP) is 4.33. The molecule has 0 aliphatic heterocycles. The first-order valence-corrected chi connectivity index (χ1v) is 5.65. The summed E-state index contributed by atoms with van der Waals surface area (Å²) in [5.41, 5.74) is 5.90. The van der Waals surface area contributed by atoms with Crippen LogP contribution in [0.3, 0.4) is 0 Å². The summed E-state index contributed by atoms with van der Waals surface area (Å²) >= 11 is 5.92. The summed E-state index contributed by atoms with van der Waals surface area (Å²) in [6.45, 7) is 6.19. The van der Waals surface area contributed by atoms with E-state index in [1.165, 1.54) is 16.7 Å². The average Bonchev–Trinajstić information content (AvgIpc) is 2.22. The number of aryl methyl sites for hydroxylation is 3. The lowest BCUT2D eigenvalue weighted by atomic mass is 9.99. The number of hydrogen-bond donors (Lipinski definition) is 0. The third-order valence-corrected chi connectivity index (χ3v) is 3.10. The Labute approximate surface area is 101 Å². The number of benzene rings is 1. The molecule has 0 bridgehead atoms. The van der Waals surface area contributed by atoms with Crippen molar-refractivity contribution in [3.8, 4) is 11.1 Å². The fraction of sp³-hybridized carbons (Fsp3) is 0.214. The van der Waals surface area contributed by atoms with Crippen molar-refractivity contribution < 1.29 is 0 Å². The Kier molecular flexibility index (Phi) is 2.97. The molecule has 0 radical (unpaired) electrons. The molecular weight excluding hydrogens is 218 g/mol.